The predicted molar refractivity (Wildman–Crippen MR) is 102 cm³/mol. The third kappa shape index (κ3) is 7.30. The Morgan fingerprint density at radius 1 is 1.12 bits per heavy atom. The van der Waals surface area contributed by atoms with Gasteiger partial charge in [0, 0.05) is 38.9 Å². The van der Waals surface area contributed by atoms with Gasteiger partial charge in [-0.25, -0.2) is 4.99 Å². The fraction of sp³-hybridized carbons (Fsp3) is 0.421. The molecule has 0 spiro atoms. The molecule has 0 radical (unpaired) electrons. The van der Waals surface area contributed by atoms with Crippen molar-refractivity contribution in [3.8, 4) is 0 Å². The third-order valence-electron chi connectivity index (χ3n) is 3.60. The third-order valence-corrected chi connectivity index (χ3v) is 3.60. The van der Waals surface area contributed by atoms with E-state index in [2.05, 4.69) is 52.1 Å². The molecule has 0 aliphatic carbocycles. The van der Waals surface area contributed by atoms with Crippen LogP contribution in [0, 0.1) is 0 Å². The lowest BCUT2D eigenvalue weighted by molar-refractivity contribution is 0.211. The van der Waals surface area contributed by atoms with Gasteiger partial charge in [-0.2, -0.15) is 0 Å². The highest BCUT2D eigenvalue weighted by Crippen LogP contribution is 2.10. The number of guanidine groups is 1. The number of nitrogens with one attached hydrogen (secondary N) is 3. The minimum Gasteiger partial charge on any atom is -0.469 e. The normalized spacial score (nSPS) is 11.4. The highest BCUT2D eigenvalue weighted by Gasteiger charge is 2.00. The second-order valence-corrected chi connectivity index (χ2v) is 5.57. The summed E-state index contributed by atoms with van der Waals surface area (Å²) >= 11 is 0. The zero-order chi connectivity index (χ0) is 17.7. The highest BCUT2D eigenvalue weighted by molar-refractivity contribution is 5.79. The summed E-state index contributed by atoms with van der Waals surface area (Å²) in [6.07, 6.45) is 2.53. The molecular formula is C19H28N4O2. The molecule has 0 amide bonds. The Labute approximate surface area is 149 Å². The molecule has 1 aromatic heterocycles. The molecule has 0 bridgehead atoms. The maximum atomic E-state index is 5.34. The lowest BCUT2D eigenvalue weighted by Gasteiger charge is -2.11. The van der Waals surface area contributed by atoms with Crippen molar-refractivity contribution in [2.24, 2.45) is 4.99 Å². The van der Waals surface area contributed by atoms with E-state index in [-0.39, 0.29) is 0 Å². The van der Waals surface area contributed by atoms with Crippen LogP contribution in [0.3, 0.4) is 0 Å². The molecule has 2 aromatic rings. The molecule has 0 fully saturated rings. The van der Waals surface area contributed by atoms with E-state index in [1.165, 1.54) is 5.56 Å². The number of anilines is 1. The Hall–Kier alpha value is -2.47. The Bertz CT molecular complexity index is 609. The number of ether oxygens (including phenoxy) is 1. The maximum Gasteiger partial charge on any atom is 0.191 e. The number of rotatable bonds is 10. The first-order chi connectivity index (χ1) is 12.3. The molecule has 0 atom stereocenters. The minimum atomic E-state index is 0.633. The van der Waals surface area contributed by atoms with E-state index in [0.29, 0.717) is 13.2 Å². The number of hydrogen-bond acceptors (Lipinski definition) is 4. The van der Waals surface area contributed by atoms with E-state index < -0.39 is 0 Å². The molecule has 0 saturated carbocycles. The monoisotopic (exact) mass is 344 g/mol. The van der Waals surface area contributed by atoms with Crippen LogP contribution in [0.1, 0.15) is 18.2 Å². The number of aliphatic imine (C=N–C) groups is 1. The summed E-state index contributed by atoms with van der Waals surface area (Å²) < 4.78 is 10.4. The van der Waals surface area contributed by atoms with Crippen molar-refractivity contribution in [1.29, 1.82) is 0 Å². The van der Waals surface area contributed by atoms with Crippen molar-refractivity contribution >= 4 is 11.6 Å². The van der Waals surface area contributed by atoms with E-state index in [4.69, 9.17) is 9.15 Å². The molecule has 0 aliphatic rings. The molecule has 2 rings (SSSR count). The van der Waals surface area contributed by atoms with Gasteiger partial charge in [-0.1, -0.05) is 12.1 Å². The first kappa shape index (κ1) is 18.9. The summed E-state index contributed by atoms with van der Waals surface area (Å²) in [5, 5.41) is 9.89. The van der Waals surface area contributed by atoms with E-state index in [0.717, 1.165) is 43.5 Å². The first-order valence-corrected chi connectivity index (χ1v) is 8.68. The molecule has 3 N–H and O–H groups in total. The van der Waals surface area contributed by atoms with Crippen molar-refractivity contribution in [2.45, 2.75) is 19.9 Å². The number of furan rings is 1. The van der Waals surface area contributed by atoms with Crippen LogP contribution < -0.4 is 16.0 Å². The molecule has 136 valence electrons. The summed E-state index contributed by atoms with van der Waals surface area (Å²) in [4.78, 5) is 4.63. The summed E-state index contributed by atoms with van der Waals surface area (Å²) in [6.45, 7) is 5.80. The second-order valence-electron chi connectivity index (χ2n) is 5.57. The van der Waals surface area contributed by atoms with Gasteiger partial charge >= 0.3 is 0 Å². The van der Waals surface area contributed by atoms with Crippen molar-refractivity contribution < 1.29 is 9.15 Å². The van der Waals surface area contributed by atoms with Crippen molar-refractivity contribution in [2.75, 3.05) is 38.7 Å². The van der Waals surface area contributed by atoms with Gasteiger partial charge in [0.25, 0.3) is 0 Å². The fourth-order valence-corrected chi connectivity index (χ4v) is 2.30. The largest absolute Gasteiger partial charge is 0.469 e. The smallest absolute Gasteiger partial charge is 0.191 e. The summed E-state index contributed by atoms with van der Waals surface area (Å²) in [5.41, 5.74) is 2.26. The van der Waals surface area contributed by atoms with Gasteiger partial charge in [0.15, 0.2) is 5.96 Å². The Morgan fingerprint density at radius 2 is 1.96 bits per heavy atom. The average Bonchev–Trinajstić information content (AvgIpc) is 3.14. The van der Waals surface area contributed by atoms with Gasteiger partial charge < -0.3 is 25.1 Å². The van der Waals surface area contributed by atoms with Crippen molar-refractivity contribution in [3.63, 3.8) is 0 Å². The number of nitrogens with zero attached hydrogens (tertiary/aromatic N) is 1. The topological polar surface area (TPSA) is 70.8 Å². The molecule has 6 heteroatoms. The van der Waals surface area contributed by atoms with Crippen LogP contribution in [0.5, 0.6) is 0 Å². The number of methoxy groups -OCH3 is 1. The predicted octanol–water partition coefficient (Wildman–Crippen LogP) is 2.64. The standard InChI is InChI=1S/C19H28N4O2/c1-3-20-19(22-11-10-18-5-4-13-25-18)23-15-16-6-8-17(9-7-16)21-12-14-24-2/h4-9,13,21H,3,10-12,14-15H2,1-2H3,(H2,20,22,23). The van der Waals surface area contributed by atoms with Crippen LogP contribution in [0.4, 0.5) is 5.69 Å². The Balaban J connectivity index is 1.80. The van der Waals surface area contributed by atoms with Crippen LogP contribution >= 0.6 is 0 Å². The molecule has 6 nitrogen and oxygen atoms in total. The van der Waals surface area contributed by atoms with Gasteiger partial charge in [0.05, 0.1) is 19.4 Å². The van der Waals surface area contributed by atoms with E-state index in [1.807, 2.05) is 12.1 Å². The average molecular weight is 344 g/mol. The molecule has 1 heterocycles. The van der Waals surface area contributed by atoms with Gasteiger partial charge in [-0.3, -0.25) is 0 Å². The van der Waals surface area contributed by atoms with E-state index >= 15 is 0 Å². The van der Waals surface area contributed by atoms with Gasteiger partial charge in [0.2, 0.25) is 0 Å². The van der Waals surface area contributed by atoms with Crippen molar-refractivity contribution in [3.05, 3.63) is 54.0 Å². The van der Waals surface area contributed by atoms with Crippen LogP contribution in [0.2, 0.25) is 0 Å². The molecule has 25 heavy (non-hydrogen) atoms. The molecule has 1 aromatic carbocycles. The van der Waals surface area contributed by atoms with Crippen molar-refractivity contribution in [1.82, 2.24) is 10.6 Å². The molecule has 0 saturated heterocycles. The number of hydrogen-bond donors (Lipinski definition) is 3. The summed E-state index contributed by atoms with van der Waals surface area (Å²) in [5.74, 6) is 1.79. The summed E-state index contributed by atoms with van der Waals surface area (Å²) in [6, 6.07) is 12.2. The van der Waals surface area contributed by atoms with Gasteiger partial charge in [-0.05, 0) is 36.8 Å². The molecule has 0 unspecified atom stereocenters. The second kappa shape index (κ2) is 11.1. The zero-order valence-electron chi connectivity index (χ0n) is 15.0. The van der Waals surface area contributed by atoms with Crippen LogP contribution in [-0.2, 0) is 17.7 Å². The maximum absolute atomic E-state index is 5.34. The van der Waals surface area contributed by atoms with Crippen LogP contribution in [0.25, 0.3) is 0 Å². The van der Waals surface area contributed by atoms with Crippen LogP contribution in [0.15, 0.2) is 52.1 Å². The Morgan fingerprint density at radius 3 is 2.64 bits per heavy atom. The van der Waals surface area contributed by atoms with E-state index in [1.54, 1.807) is 13.4 Å². The van der Waals surface area contributed by atoms with Gasteiger partial charge in [-0.15, -0.1) is 0 Å². The quantitative estimate of drug-likeness (QED) is 0.351. The zero-order valence-corrected chi connectivity index (χ0v) is 15.0. The fourth-order valence-electron chi connectivity index (χ4n) is 2.30. The van der Waals surface area contributed by atoms with Crippen LogP contribution in [-0.4, -0.2) is 39.3 Å². The first-order valence-electron chi connectivity index (χ1n) is 8.68. The SMILES string of the molecule is CCNC(=NCc1ccc(NCCOC)cc1)NCCc1ccco1. The lowest BCUT2D eigenvalue weighted by Crippen LogP contribution is -2.38. The lowest BCUT2D eigenvalue weighted by atomic mass is 10.2. The summed E-state index contributed by atoms with van der Waals surface area (Å²) in [7, 11) is 1.70. The van der Waals surface area contributed by atoms with Gasteiger partial charge in [0.1, 0.15) is 5.76 Å². The molecular weight excluding hydrogens is 316 g/mol. The highest BCUT2D eigenvalue weighted by atomic mass is 16.5. The Kier molecular flexibility index (Phi) is 8.41. The molecule has 0 aliphatic heterocycles. The van der Waals surface area contributed by atoms with E-state index in [9.17, 15) is 0 Å². The minimum absolute atomic E-state index is 0.633. The number of benzene rings is 1.